The van der Waals surface area contributed by atoms with Gasteiger partial charge in [0.1, 0.15) is 0 Å². The van der Waals surface area contributed by atoms with Gasteiger partial charge in [-0.1, -0.05) is 6.92 Å². The molecule has 2 atom stereocenters. The summed E-state index contributed by atoms with van der Waals surface area (Å²) in [6.45, 7) is 14.2. The lowest BCUT2D eigenvalue weighted by Crippen LogP contribution is -3.06. The molecule has 2 fully saturated rings. The number of hydrogen-bond donors (Lipinski definition) is 2. The number of quaternary nitrogens is 1. The molecule has 0 aromatic heterocycles. The lowest BCUT2D eigenvalue weighted by Gasteiger charge is -2.48. The summed E-state index contributed by atoms with van der Waals surface area (Å²) in [6.07, 6.45) is 1.90. The number of ether oxygens (including phenoxy) is 1. The predicted molar refractivity (Wildman–Crippen MR) is 80.7 cm³/mol. The number of piperidine rings is 1. The Balaban J connectivity index is 2.35. The van der Waals surface area contributed by atoms with Crippen LogP contribution >= 0.6 is 0 Å². The minimum atomic E-state index is -1.27. The molecule has 0 aliphatic carbocycles. The fraction of sp³-hybridized carbons (Fsp3) is 0.938. The van der Waals surface area contributed by atoms with Gasteiger partial charge in [-0.3, -0.25) is 4.90 Å². The minimum Gasteiger partial charge on any atom is -0.438 e. The molecule has 5 heteroatoms. The Bertz CT molecular complexity index is 429. The van der Waals surface area contributed by atoms with Crippen LogP contribution in [0.15, 0.2) is 0 Å². The van der Waals surface area contributed by atoms with E-state index in [0.717, 1.165) is 12.8 Å². The van der Waals surface area contributed by atoms with Crippen molar-refractivity contribution < 1.29 is 20.0 Å². The van der Waals surface area contributed by atoms with Crippen LogP contribution in [0.1, 0.15) is 67.7 Å². The molecule has 2 aliphatic rings. The summed E-state index contributed by atoms with van der Waals surface area (Å²) in [7, 11) is 0. The van der Waals surface area contributed by atoms with Gasteiger partial charge in [-0.2, -0.15) is 0 Å². The molecule has 2 unspecified atom stereocenters. The molecule has 1 amide bonds. The molecule has 0 saturated carbocycles. The highest BCUT2D eigenvalue weighted by atomic mass is 16.6. The SMILES string of the molecule is CCC1(C)OC(=O)N(C2CC(C)(C)[NH2+]C(C)(C)C2)C1(C)O. The number of carbonyl (C=O) groups is 1. The quantitative estimate of drug-likeness (QED) is 0.814. The fourth-order valence-electron chi connectivity index (χ4n) is 4.33. The highest BCUT2D eigenvalue weighted by Gasteiger charge is 2.62. The van der Waals surface area contributed by atoms with E-state index in [4.69, 9.17) is 4.74 Å². The molecule has 2 heterocycles. The summed E-state index contributed by atoms with van der Waals surface area (Å²) >= 11 is 0. The Kier molecular flexibility index (Phi) is 3.62. The van der Waals surface area contributed by atoms with Gasteiger partial charge in [0.15, 0.2) is 11.3 Å². The van der Waals surface area contributed by atoms with Gasteiger partial charge in [0.25, 0.3) is 0 Å². The van der Waals surface area contributed by atoms with Gasteiger partial charge in [0.2, 0.25) is 0 Å². The summed E-state index contributed by atoms with van der Waals surface area (Å²) in [4.78, 5) is 14.0. The molecule has 0 aromatic carbocycles. The first-order valence-corrected chi connectivity index (χ1v) is 7.95. The minimum absolute atomic E-state index is 0.00382. The third-order valence-electron chi connectivity index (χ3n) is 5.32. The summed E-state index contributed by atoms with van der Waals surface area (Å²) in [5.74, 6) is 0. The normalized spacial score (nSPS) is 39.4. The monoisotopic (exact) mass is 299 g/mol. The number of rotatable bonds is 2. The number of amides is 1. The van der Waals surface area contributed by atoms with Crippen molar-refractivity contribution in [1.29, 1.82) is 0 Å². The maximum Gasteiger partial charge on any atom is 0.413 e. The molecule has 0 radical (unpaired) electrons. The zero-order valence-electron chi connectivity index (χ0n) is 14.5. The van der Waals surface area contributed by atoms with Crippen LogP contribution in [-0.2, 0) is 4.74 Å². The Morgan fingerprint density at radius 1 is 1.19 bits per heavy atom. The van der Waals surface area contributed by atoms with E-state index >= 15 is 0 Å². The molecule has 0 bridgehead atoms. The van der Waals surface area contributed by atoms with Crippen LogP contribution in [0.25, 0.3) is 0 Å². The maximum absolute atomic E-state index is 12.4. The third-order valence-corrected chi connectivity index (χ3v) is 5.32. The van der Waals surface area contributed by atoms with Crippen LogP contribution < -0.4 is 5.32 Å². The molecule has 2 aliphatic heterocycles. The smallest absolute Gasteiger partial charge is 0.413 e. The zero-order valence-corrected chi connectivity index (χ0v) is 14.5. The van der Waals surface area contributed by atoms with Gasteiger partial charge < -0.3 is 15.2 Å². The molecule has 2 saturated heterocycles. The average molecular weight is 299 g/mol. The van der Waals surface area contributed by atoms with Crippen molar-refractivity contribution >= 4 is 6.09 Å². The first-order chi connectivity index (χ1) is 9.34. The third kappa shape index (κ3) is 2.66. The Morgan fingerprint density at radius 3 is 2.05 bits per heavy atom. The van der Waals surface area contributed by atoms with Crippen LogP contribution in [0.4, 0.5) is 4.79 Å². The molecular formula is C16H31N2O3+. The predicted octanol–water partition coefficient (Wildman–Crippen LogP) is 1.60. The van der Waals surface area contributed by atoms with Gasteiger partial charge >= 0.3 is 6.09 Å². The maximum atomic E-state index is 12.4. The first kappa shape index (κ1) is 16.6. The van der Waals surface area contributed by atoms with Gasteiger partial charge in [0, 0.05) is 18.9 Å². The summed E-state index contributed by atoms with van der Waals surface area (Å²) < 4.78 is 5.54. The van der Waals surface area contributed by atoms with E-state index in [0.29, 0.717) is 6.42 Å². The largest absolute Gasteiger partial charge is 0.438 e. The molecule has 21 heavy (non-hydrogen) atoms. The average Bonchev–Trinajstić information content (AvgIpc) is 2.40. The molecule has 122 valence electrons. The topological polar surface area (TPSA) is 66.4 Å². The second kappa shape index (κ2) is 4.59. The van der Waals surface area contributed by atoms with Crippen LogP contribution in [-0.4, -0.2) is 44.5 Å². The van der Waals surface area contributed by atoms with Crippen molar-refractivity contribution in [2.45, 2.75) is 96.2 Å². The van der Waals surface area contributed by atoms with Crippen LogP contribution in [0.3, 0.4) is 0 Å². The van der Waals surface area contributed by atoms with Crippen molar-refractivity contribution in [2.75, 3.05) is 0 Å². The molecule has 5 nitrogen and oxygen atoms in total. The molecule has 3 N–H and O–H groups in total. The van der Waals surface area contributed by atoms with E-state index < -0.39 is 11.3 Å². The molecular weight excluding hydrogens is 268 g/mol. The van der Waals surface area contributed by atoms with E-state index in [1.807, 2.05) is 13.8 Å². The highest BCUT2D eigenvalue weighted by Crippen LogP contribution is 2.43. The molecule has 0 aromatic rings. The van der Waals surface area contributed by atoms with E-state index in [1.54, 1.807) is 11.8 Å². The van der Waals surface area contributed by atoms with Crippen molar-refractivity contribution in [3.8, 4) is 0 Å². The van der Waals surface area contributed by atoms with Gasteiger partial charge in [-0.25, -0.2) is 4.79 Å². The standard InChI is InChI=1S/C16H30N2O3/c1-8-15(6)16(7,20)18(12(19)21-15)11-9-13(2,3)17-14(4,5)10-11/h11,17,20H,8-10H2,1-7H3/p+1. The van der Waals surface area contributed by atoms with Crippen LogP contribution in [0.2, 0.25) is 0 Å². The summed E-state index contributed by atoms with van der Waals surface area (Å²) in [6, 6.07) is -0.00382. The van der Waals surface area contributed by atoms with Gasteiger partial charge in [-0.15, -0.1) is 0 Å². The fourth-order valence-corrected chi connectivity index (χ4v) is 4.33. The van der Waals surface area contributed by atoms with E-state index in [2.05, 4.69) is 33.0 Å². The van der Waals surface area contributed by atoms with Crippen LogP contribution in [0.5, 0.6) is 0 Å². The highest BCUT2D eigenvalue weighted by molar-refractivity contribution is 5.72. The van der Waals surface area contributed by atoms with E-state index in [9.17, 15) is 9.90 Å². The second-order valence-electron chi connectivity index (χ2n) is 8.53. The number of hydrogen-bond acceptors (Lipinski definition) is 3. The van der Waals surface area contributed by atoms with E-state index in [1.165, 1.54) is 0 Å². The molecule has 0 spiro atoms. The lowest BCUT2D eigenvalue weighted by molar-refractivity contribution is -0.788. The van der Waals surface area contributed by atoms with E-state index in [-0.39, 0.29) is 23.2 Å². The number of cyclic esters (lactones) is 1. The van der Waals surface area contributed by atoms with Gasteiger partial charge in [0.05, 0.1) is 11.1 Å². The van der Waals surface area contributed by atoms with Crippen molar-refractivity contribution in [1.82, 2.24) is 4.90 Å². The first-order valence-electron chi connectivity index (χ1n) is 7.95. The number of nitrogens with two attached hydrogens (primary N) is 1. The Morgan fingerprint density at radius 2 is 1.67 bits per heavy atom. The Labute approximate surface area is 128 Å². The summed E-state index contributed by atoms with van der Waals surface area (Å²) in [5, 5.41) is 13.4. The lowest BCUT2D eigenvalue weighted by atomic mass is 9.77. The number of nitrogens with zero attached hydrogens (tertiary/aromatic N) is 1. The molecule has 2 rings (SSSR count). The number of aliphatic hydroxyl groups is 1. The summed E-state index contributed by atoms with van der Waals surface area (Å²) in [5.41, 5.74) is -2.05. The van der Waals surface area contributed by atoms with Crippen molar-refractivity contribution in [2.24, 2.45) is 0 Å². The second-order valence-corrected chi connectivity index (χ2v) is 8.53. The number of carbonyl (C=O) groups excluding carboxylic acids is 1. The van der Waals surface area contributed by atoms with Crippen molar-refractivity contribution in [3.63, 3.8) is 0 Å². The van der Waals surface area contributed by atoms with Crippen LogP contribution in [0, 0.1) is 0 Å². The zero-order chi connectivity index (χ0) is 16.3. The Hall–Kier alpha value is -0.810. The van der Waals surface area contributed by atoms with Crippen molar-refractivity contribution in [3.05, 3.63) is 0 Å². The van der Waals surface area contributed by atoms with Gasteiger partial charge in [-0.05, 0) is 48.0 Å².